The Bertz CT molecular complexity index is 387. The molecule has 0 radical (unpaired) electrons. The molecule has 0 bridgehead atoms. The molecule has 1 saturated carbocycles. The van der Waals surface area contributed by atoms with E-state index in [1.165, 1.54) is 0 Å². The number of carboxylic acids is 1. The summed E-state index contributed by atoms with van der Waals surface area (Å²) >= 11 is 0. The summed E-state index contributed by atoms with van der Waals surface area (Å²) in [6.45, 7) is 5.68. The predicted octanol–water partition coefficient (Wildman–Crippen LogP) is 0.908. The van der Waals surface area contributed by atoms with Crippen LogP contribution < -0.4 is 10.6 Å². The van der Waals surface area contributed by atoms with Crippen LogP contribution in [-0.2, 0) is 14.4 Å². The van der Waals surface area contributed by atoms with Crippen molar-refractivity contribution < 1.29 is 19.5 Å². The Labute approximate surface area is 119 Å². The van der Waals surface area contributed by atoms with Crippen molar-refractivity contribution in [2.75, 3.05) is 6.54 Å². The minimum Gasteiger partial charge on any atom is -0.481 e. The maximum absolute atomic E-state index is 11.7. The zero-order chi connectivity index (χ0) is 15.3. The van der Waals surface area contributed by atoms with E-state index in [2.05, 4.69) is 10.6 Å². The summed E-state index contributed by atoms with van der Waals surface area (Å²) in [4.78, 5) is 34.4. The van der Waals surface area contributed by atoms with Gasteiger partial charge in [0.1, 0.15) is 0 Å². The Hall–Kier alpha value is -1.59. The van der Waals surface area contributed by atoms with E-state index in [9.17, 15) is 14.4 Å². The Kier molecular flexibility index (Phi) is 5.53. The van der Waals surface area contributed by atoms with E-state index >= 15 is 0 Å². The number of carboxylic acid groups (broad SMARTS) is 1. The topological polar surface area (TPSA) is 95.5 Å². The molecule has 0 aromatic heterocycles. The van der Waals surface area contributed by atoms with Crippen molar-refractivity contribution in [2.24, 2.45) is 11.3 Å². The third-order valence-corrected chi connectivity index (χ3v) is 3.50. The average Bonchev–Trinajstić information content (AvgIpc) is 2.75. The normalized spacial score (nSPS) is 22.4. The van der Waals surface area contributed by atoms with E-state index in [-0.39, 0.29) is 30.8 Å². The lowest BCUT2D eigenvalue weighted by atomic mass is 9.96. The molecule has 6 heteroatoms. The second-order valence-electron chi connectivity index (χ2n) is 6.31. The molecule has 1 rings (SSSR count). The summed E-state index contributed by atoms with van der Waals surface area (Å²) in [5.74, 6) is -1.65. The summed E-state index contributed by atoms with van der Waals surface area (Å²) < 4.78 is 0. The summed E-state index contributed by atoms with van der Waals surface area (Å²) in [7, 11) is 0. The van der Waals surface area contributed by atoms with Gasteiger partial charge in [-0.3, -0.25) is 14.4 Å². The van der Waals surface area contributed by atoms with Gasteiger partial charge in [0.25, 0.3) is 0 Å². The van der Waals surface area contributed by atoms with Gasteiger partial charge in [0, 0.05) is 24.4 Å². The van der Waals surface area contributed by atoms with E-state index in [0.717, 1.165) is 6.42 Å². The number of hydrogen-bond donors (Lipinski definition) is 3. The van der Waals surface area contributed by atoms with Gasteiger partial charge in [-0.1, -0.05) is 27.2 Å². The van der Waals surface area contributed by atoms with Crippen LogP contribution in [0.4, 0.5) is 0 Å². The largest absolute Gasteiger partial charge is 0.481 e. The molecule has 0 aromatic rings. The smallest absolute Gasteiger partial charge is 0.308 e. The highest BCUT2D eigenvalue weighted by Gasteiger charge is 2.33. The van der Waals surface area contributed by atoms with Gasteiger partial charge < -0.3 is 15.7 Å². The van der Waals surface area contributed by atoms with Gasteiger partial charge in [-0.15, -0.1) is 0 Å². The Balaban J connectivity index is 2.30. The summed E-state index contributed by atoms with van der Waals surface area (Å²) in [5.41, 5.74) is -0.476. The van der Waals surface area contributed by atoms with Crippen molar-refractivity contribution in [3.63, 3.8) is 0 Å². The zero-order valence-corrected chi connectivity index (χ0v) is 12.4. The lowest BCUT2D eigenvalue weighted by Gasteiger charge is -2.19. The first kappa shape index (κ1) is 16.5. The molecule has 3 N–H and O–H groups in total. The van der Waals surface area contributed by atoms with Crippen LogP contribution in [-0.4, -0.2) is 35.5 Å². The highest BCUT2D eigenvalue weighted by molar-refractivity contribution is 5.82. The van der Waals surface area contributed by atoms with Crippen LogP contribution >= 0.6 is 0 Å². The highest BCUT2D eigenvalue weighted by Crippen LogP contribution is 2.25. The van der Waals surface area contributed by atoms with Crippen molar-refractivity contribution in [1.82, 2.24) is 10.6 Å². The minimum absolute atomic E-state index is 0.102. The summed E-state index contributed by atoms with van der Waals surface area (Å²) in [6, 6.07) is -0.279. The highest BCUT2D eigenvalue weighted by atomic mass is 16.4. The molecule has 2 amide bonds. The molecule has 0 spiro atoms. The van der Waals surface area contributed by atoms with Crippen molar-refractivity contribution in [3.8, 4) is 0 Å². The number of nitrogens with one attached hydrogen (secondary N) is 2. The Morgan fingerprint density at radius 1 is 1.20 bits per heavy atom. The average molecular weight is 284 g/mol. The molecular formula is C14H24N2O4. The third kappa shape index (κ3) is 4.83. The molecular weight excluding hydrogens is 260 g/mol. The van der Waals surface area contributed by atoms with Crippen molar-refractivity contribution in [1.29, 1.82) is 0 Å². The maximum atomic E-state index is 11.7. The van der Waals surface area contributed by atoms with E-state index < -0.39 is 17.3 Å². The molecule has 0 heterocycles. The monoisotopic (exact) mass is 284 g/mol. The quantitative estimate of drug-likeness (QED) is 0.699. The second kappa shape index (κ2) is 6.72. The molecule has 0 saturated heterocycles. The standard InChI is InChI=1S/C14H24N2O4/c1-14(2,3)13(20)15-8-7-11(17)16-10-6-4-5-9(10)12(18)19/h9-10H,4-8H2,1-3H3,(H,15,20)(H,16,17)(H,18,19). The van der Waals surface area contributed by atoms with Crippen LogP contribution in [0.5, 0.6) is 0 Å². The number of carbonyl (C=O) groups excluding carboxylic acids is 2. The first-order valence-electron chi connectivity index (χ1n) is 7.02. The Morgan fingerprint density at radius 3 is 2.40 bits per heavy atom. The first-order valence-corrected chi connectivity index (χ1v) is 7.02. The zero-order valence-electron chi connectivity index (χ0n) is 12.4. The van der Waals surface area contributed by atoms with Crippen LogP contribution in [0.25, 0.3) is 0 Å². The van der Waals surface area contributed by atoms with E-state index in [1.807, 2.05) is 0 Å². The van der Waals surface area contributed by atoms with Crippen molar-refractivity contribution >= 4 is 17.8 Å². The fourth-order valence-electron chi connectivity index (χ4n) is 2.26. The number of hydrogen-bond acceptors (Lipinski definition) is 3. The van der Waals surface area contributed by atoms with Gasteiger partial charge in [-0.25, -0.2) is 0 Å². The van der Waals surface area contributed by atoms with Crippen LogP contribution in [0.3, 0.4) is 0 Å². The summed E-state index contributed by atoms with van der Waals surface area (Å²) in [5, 5.41) is 14.5. The molecule has 1 aliphatic carbocycles. The number of amides is 2. The van der Waals surface area contributed by atoms with Crippen molar-refractivity contribution in [2.45, 2.75) is 52.5 Å². The molecule has 0 aromatic carbocycles. The Morgan fingerprint density at radius 2 is 1.85 bits per heavy atom. The van der Waals surface area contributed by atoms with Gasteiger partial charge in [0.05, 0.1) is 5.92 Å². The summed E-state index contributed by atoms with van der Waals surface area (Å²) in [6.07, 6.45) is 2.31. The molecule has 1 aliphatic rings. The van der Waals surface area contributed by atoms with Crippen LogP contribution in [0.2, 0.25) is 0 Å². The predicted molar refractivity (Wildman–Crippen MR) is 74.0 cm³/mol. The van der Waals surface area contributed by atoms with Crippen LogP contribution in [0, 0.1) is 11.3 Å². The van der Waals surface area contributed by atoms with E-state index in [0.29, 0.717) is 12.8 Å². The third-order valence-electron chi connectivity index (χ3n) is 3.50. The minimum atomic E-state index is -0.853. The SMILES string of the molecule is CC(C)(C)C(=O)NCCC(=O)NC1CCCC1C(=O)O. The fraction of sp³-hybridized carbons (Fsp3) is 0.786. The van der Waals surface area contributed by atoms with Gasteiger partial charge in [-0.2, -0.15) is 0 Å². The second-order valence-corrected chi connectivity index (χ2v) is 6.31. The van der Waals surface area contributed by atoms with Crippen LogP contribution in [0.1, 0.15) is 46.5 Å². The maximum Gasteiger partial charge on any atom is 0.308 e. The molecule has 6 nitrogen and oxygen atoms in total. The van der Waals surface area contributed by atoms with Gasteiger partial charge in [0.15, 0.2) is 0 Å². The van der Waals surface area contributed by atoms with Gasteiger partial charge >= 0.3 is 5.97 Å². The van der Waals surface area contributed by atoms with Crippen molar-refractivity contribution in [3.05, 3.63) is 0 Å². The van der Waals surface area contributed by atoms with Gasteiger partial charge in [0.2, 0.25) is 11.8 Å². The first-order chi connectivity index (χ1) is 9.21. The van der Waals surface area contributed by atoms with Crippen LogP contribution in [0.15, 0.2) is 0 Å². The number of aliphatic carboxylic acids is 1. The molecule has 2 atom stereocenters. The molecule has 20 heavy (non-hydrogen) atoms. The van der Waals surface area contributed by atoms with Gasteiger partial charge in [-0.05, 0) is 12.8 Å². The van der Waals surface area contributed by atoms with E-state index in [4.69, 9.17) is 5.11 Å². The lowest BCUT2D eigenvalue weighted by Crippen LogP contribution is -2.42. The lowest BCUT2D eigenvalue weighted by molar-refractivity contribution is -0.142. The fourth-order valence-corrected chi connectivity index (χ4v) is 2.26. The number of rotatable bonds is 5. The molecule has 114 valence electrons. The molecule has 2 unspecified atom stereocenters. The number of carbonyl (C=O) groups is 3. The molecule has 0 aliphatic heterocycles. The van der Waals surface area contributed by atoms with E-state index in [1.54, 1.807) is 20.8 Å². The molecule has 1 fully saturated rings.